The highest BCUT2D eigenvalue weighted by Crippen LogP contribution is 2.40. The van der Waals surface area contributed by atoms with E-state index in [1.165, 1.54) is 23.6 Å². The molecule has 0 saturated carbocycles. The molecule has 1 fully saturated rings. The van der Waals surface area contributed by atoms with Gasteiger partial charge in [0.15, 0.2) is 0 Å². The third kappa shape index (κ3) is 3.52. The highest BCUT2D eigenvalue weighted by atomic mass is 28.3. The van der Waals surface area contributed by atoms with Crippen molar-refractivity contribution in [3.8, 4) is 5.75 Å². The molecule has 3 heteroatoms. The van der Waals surface area contributed by atoms with E-state index in [1.807, 2.05) is 12.1 Å². The Morgan fingerprint density at radius 3 is 2.70 bits per heavy atom. The fourth-order valence-electron chi connectivity index (χ4n) is 3.21. The van der Waals surface area contributed by atoms with Crippen molar-refractivity contribution in [3.05, 3.63) is 42.0 Å². The van der Waals surface area contributed by atoms with E-state index in [0.29, 0.717) is 12.0 Å². The van der Waals surface area contributed by atoms with Gasteiger partial charge in [-0.3, -0.25) is 0 Å². The Morgan fingerprint density at radius 2 is 2.05 bits per heavy atom. The molecule has 110 valence electrons. The summed E-state index contributed by atoms with van der Waals surface area (Å²) in [6, 6.07) is 9.92. The Hall–Kier alpha value is -1.06. The Morgan fingerprint density at radius 1 is 1.35 bits per heavy atom. The van der Waals surface area contributed by atoms with E-state index in [1.54, 1.807) is 7.11 Å². The predicted octanol–water partition coefficient (Wildman–Crippen LogP) is 4.24. The van der Waals surface area contributed by atoms with E-state index in [2.05, 4.69) is 43.7 Å². The second kappa shape index (κ2) is 6.14. The summed E-state index contributed by atoms with van der Waals surface area (Å²) in [5, 5.41) is 3.64. The van der Waals surface area contributed by atoms with Crippen LogP contribution < -0.4 is 10.1 Å². The molecule has 0 aliphatic carbocycles. The van der Waals surface area contributed by atoms with E-state index >= 15 is 0 Å². The summed E-state index contributed by atoms with van der Waals surface area (Å²) >= 11 is 0. The third-order valence-electron chi connectivity index (χ3n) is 3.98. The van der Waals surface area contributed by atoms with E-state index in [-0.39, 0.29) is 0 Å². The van der Waals surface area contributed by atoms with Crippen molar-refractivity contribution >= 4 is 8.07 Å². The molecular formula is C17H27NOSi. The minimum Gasteiger partial charge on any atom is -0.496 e. The highest BCUT2D eigenvalue weighted by molar-refractivity contribution is 6.76. The number of hydrogen-bond acceptors (Lipinski definition) is 2. The summed E-state index contributed by atoms with van der Waals surface area (Å²) in [7, 11) is 0.651. The van der Waals surface area contributed by atoms with E-state index in [0.717, 1.165) is 12.3 Å². The molecule has 1 aliphatic rings. The number of rotatable bonds is 5. The van der Waals surface area contributed by atoms with Gasteiger partial charge in [-0.05, 0) is 25.1 Å². The van der Waals surface area contributed by atoms with Crippen molar-refractivity contribution in [3.63, 3.8) is 0 Å². The smallest absolute Gasteiger partial charge is 0.123 e. The van der Waals surface area contributed by atoms with Gasteiger partial charge in [-0.1, -0.05) is 50.0 Å². The maximum absolute atomic E-state index is 5.53. The zero-order chi connectivity index (χ0) is 14.8. The van der Waals surface area contributed by atoms with Crippen LogP contribution in [0.1, 0.15) is 18.0 Å². The lowest BCUT2D eigenvalue weighted by atomic mass is 9.88. The molecule has 2 atom stereocenters. The average molecular weight is 289 g/mol. The van der Waals surface area contributed by atoms with Gasteiger partial charge >= 0.3 is 0 Å². The average Bonchev–Trinajstić information content (AvgIpc) is 2.85. The first-order chi connectivity index (χ1) is 9.42. The van der Waals surface area contributed by atoms with E-state index in [4.69, 9.17) is 4.74 Å². The summed E-state index contributed by atoms with van der Waals surface area (Å²) in [5.74, 6) is 1.52. The first kappa shape index (κ1) is 15.3. The van der Waals surface area contributed by atoms with Gasteiger partial charge in [0.25, 0.3) is 0 Å². The van der Waals surface area contributed by atoms with E-state index < -0.39 is 8.07 Å². The van der Waals surface area contributed by atoms with Gasteiger partial charge in [0.1, 0.15) is 5.75 Å². The number of nitrogens with one attached hydrogen (secondary N) is 1. The summed E-state index contributed by atoms with van der Waals surface area (Å²) in [6.45, 7) is 12.7. The van der Waals surface area contributed by atoms with E-state index in [9.17, 15) is 0 Å². The summed E-state index contributed by atoms with van der Waals surface area (Å²) in [5.41, 5.74) is 2.69. The van der Waals surface area contributed by atoms with Gasteiger partial charge in [-0.15, -0.1) is 0 Å². The molecule has 2 rings (SSSR count). The Kier molecular flexibility index (Phi) is 4.71. The largest absolute Gasteiger partial charge is 0.496 e. The standard InChI is InChI=1S/C17H27NOSi/c1-13(12-20(3,4)5)14-10-11-18-17(14)15-8-6-7-9-16(15)19-2/h6-9,14,17-18H,1,10-12H2,2-5H3/t14-,17+/m1/s1. The predicted molar refractivity (Wildman–Crippen MR) is 89.1 cm³/mol. The number of para-hydroxylation sites is 1. The first-order valence-corrected chi connectivity index (χ1v) is 11.2. The van der Waals surface area contributed by atoms with Crippen LogP contribution in [0.3, 0.4) is 0 Å². The normalized spacial score (nSPS) is 22.8. The maximum atomic E-state index is 5.53. The monoisotopic (exact) mass is 289 g/mol. The van der Waals surface area contributed by atoms with Crippen molar-refractivity contribution in [2.45, 2.75) is 38.1 Å². The van der Waals surface area contributed by atoms with Gasteiger partial charge in [0, 0.05) is 25.6 Å². The molecule has 0 spiro atoms. The van der Waals surface area contributed by atoms with Gasteiger partial charge in [-0.2, -0.15) is 0 Å². The Balaban J connectivity index is 2.21. The molecule has 1 aromatic rings. The van der Waals surface area contributed by atoms with Crippen LogP contribution in [-0.4, -0.2) is 21.7 Å². The summed E-state index contributed by atoms with van der Waals surface area (Å²) in [4.78, 5) is 0. The molecule has 0 radical (unpaired) electrons. The lowest BCUT2D eigenvalue weighted by molar-refractivity contribution is 0.396. The molecule has 2 nitrogen and oxygen atoms in total. The van der Waals surface area contributed by atoms with Crippen molar-refractivity contribution < 1.29 is 4.74 Å². The quantitative estimate of drug-likeness (QED) is 0.646. The van der Waals surface area contributed by atoms with Gasteiger partial charge in [0.05, 0.1) is 7.11 Å². The summed E-state index contributed by atoms with van der Waals surface area (Å²) < 4.78 is 5.53. The number of benzene rings is 1. The molecule has 1 aliphatic heterocycles. The molecule has 0 unspecified atom stereocenters. The van der Waals surface area contributed by atoms with Crippen LogP contribution in [0.4, 0.5) is 0 Å². The summed E-state index contributed by atoms with van der Waals surface area (Å²) in [6.07, 6.45) is 1.19. The fourth-order valence-corrected chi connectivity index (χ4v) is 4.83. The topological polar surface area (TPSA) is 21.3 Å². The minimum atomic E-state index is -1.10. The van der Waals surface area contributed by atoms with Crippen LogP contribution in [0, 0.1) is 5.92 Å². The second-order valence-corrected chi connectivity index (χ2v) is 12.4. The fraction of sp³-hybridized carbons (Fsp3) is 0.529. The maximum Gasteiger partial charge on any atom is 0.123 e. The van der Waals surface area contributed by atoms with Crippen LogP contribution in [-0.2, 0) is 0 Å². The number of hydrogen-bond donors (Lipinski definition) is 1. The Labute approximate surface area is 124 Å². The van der Waals surface area contributed by atoms with Crippen molar-refractivity contribution in [1.29, 1.82) is 0 Å². The molecular weight excluding hydrogens is 262 g/mol. The first-order valence-electron chi connectivity index (χ1n) is 7.46. The molecule has 1 heterocycles. The lowest BCUT2D eigenvalue weighted by Gasteiger charge is -2.27. The number of methoxy groups -OCH3 is 1. The molecule has 20 heavy (non-hydrogen) atoms. The highest BCUT2D eigenvalue weighted by Gasteiger charge is 2.33. The number of ether oxygens (including phenoxy) is 1. The third-order valence-corrected chi connectivity index (χ3v) is 5.49. The minimum absolute atomic E-state index is 0.356. The molecule has 1 aromatic carbocycles. The molecule has 1 saturated heterocycles. The zero-order valence-electron chi connectivity index (χ0n) is 13.2. The van der Waals surface area contributed by atoms with Crippen molar-refractivity contribution in [2.75, 3.05) is 13.7 Å². The SMILES string of the molecule is C=C(C[Si](C)(C)C)[C@H]1CCN[C@@H]1c1ccccc1OC. The van der Waals surface area contributed by atoms with Gasteiger partial charge < -0.3 is 10.1 Å². The lowest BCUT2D eigenvalue weighted by Crippen LogP contribution is -2.25. The molecule has 0 bridgehead atoms. The Bertz CT molecular complexity index is 478. The van der Waals surface area contributed by atoms with Crippen molar-refractivity contribution in [2.24, 2.45) is 5.92 Å². The van der Waals surface area contributed by atoms with Gasteiger partial charge in [-0.25, -0.2) is 0 Å². The molecule has 1 N–H and O–H groups in total. The van der Waals surface area contributed by atoms with Crippen molar-refractivity contribution in [1.82, 2.24) is 5.32 Å². The second-order valence-electron chi connectivity index (χ2n) is 6.96. The van der Waals surface area contributed by atoms with Crippen LogP contribution in [0.25, 0.3) is 0 Å². The molecule has 0 amide bonds. The van der Waals surface area contributed by atoms with Crippen LogP contribution >= 0.6 is 0 Å². The van der Waals surface area contributed by atoms with Crippen LogP contribution in [0.15, 0.2) is 36.4 Å². The van der Waals surface area contributed by atoms with Crippen LogP contribution in [0.2, 0.25) is 25.7 Å². The zero-order valence-corrected chi connectivity index (χ0v) is 14.2. The van der Waals surface area contributed by atoms with Gasteiger partial charge in [0.2, 0.25) is 0 Å². The van der Waals surface area contributed by atoms with Crippen LogP contribution in [0.5, 0.6) is 5.75 Å². The molecule has 0 aromatic heterocycles.